The normalized spacial score (nSPS) is 18.8. The van der Waals surface area contributed by atoms with Crippen molar-refractivity contribution in [2.75, 3.05) is 38.8 Å². The molecule has 1 fully saturated rings. The summed E-state index contributed by atoms with van der Waals surface area (Å²) in [4.78, 5) is 23.6. The Morgan fingerprint density at radius 3 is 3.15 bits per heavy atom. The lowest BCUT2D eigenvalue weighted by Gasteiger charge is -2.23. The number of carbonyl (C=O) groups excluding carboxylic acids is 1. The lowest BCUT2D eigenvalue weighted by atomic mass is 10.2. The molecule has 0 spiro atoms. The number of hydrogen-bond acceptors (Lipinski definition) is 5. The maximum absolute atomic E-state index is 12.0. The van der Waals surface area contributed by atoms with Gasteiger partial charge in [-0.15, -0.1) is 0 Å². The molecule has 0 aromatic carbocycles. The van der Waals surface area contributed by atoms with Gasteiger partial charge < -0.3 is 24.7 Å². The van der Waals surface area contributed by atoms with Crippen LogP contribution in [-0.2, 0) is 20.8 Å². The van der Waals surface area contributed by atoms with E-state index in [1.807, 2.05) is 0 Å². The van der Waals surface area contributed by atoms with E-state index >= 15 is 0 Å². The minimum absolute atomic E-state index is 0.126. The van der Waals surface area contributed by atoms with Gasteiger partial charge in [0.2, 0.25) is 5.91 Å². The van der Waals surface area contributed by atoms with Gasteiger partial charge in [0.15, 0.2) is 0 Å². The first kappa shape index (κ1) is 14.7. The second kappa shape index (κ2) is 7.18. The van der Waals surface area contributed by atoms with Crippen LogP contribution in [0.15, 0.2) is 23.1 Å². The number of pyridine rings is 1. The summed E-state index contributed by atoms with van der Waals surface area (Å²) >= 11 is 0. The smallest absolute Gasteiger partial charge is 0.250 e. The van der Waals surface area contributed by atoms with E-state index in [0.29, 0.717) is 38.6 Å². The first-order chi connectivity index (χ1) is 9.70. The molecule has 7 heteroatoms. The maximum Gasteiger partial charge on any atom is 0.250 e. The fraction of sp³-hybridized carbons (Fsp3) is 0.538. The Morgan fingerprint density at radius 1 is 1.60 bits per heavy atom. The summed E-state index contributed by atoms with van der Waals surface area (Å²) in [5.41, 5.74) is 0.456. The van der Waals surface area contributed by atoms with Crippen LogP contribution in [0.5, 0.6) is 0 Å². The summed E-state index contributed by atoms with van der Waals surface area (Å²) in [5, 5.41) is 5.85. The van der Waals surface area contributed by atoms with Gasteiger partial charge in [0.25, 0.3) is 5.56 Å². The number of aromatic nitrogens is 1. The van der Waals surface area contributed by atoms with Crippen molar-refractivity contribution in [2.24, 2.45) is 0 Å². The zero-order valence-corrected chi connectivity index (χ0v) is 11.4. The van der Waals surface area contributed by atoms with Crippen LogP contribution in [0.2, 0.25) is 0 Å². The minimum atomic E-state index is -0.358. The zero-order valence-electron chi connectivity index (χ0n) is 11.4. The number of rotatable bonds is 5. The molecular formula is C13H19N3O4. The lowest BCUT2D eigenvalue weighted by molar-refractivity contribution is -0.120. The van der Waals surface area contributed by atoms with Crippen molar-refractivity contribution < 1.29 is 14.3 Å². The number of amides is 1. The molecule has 0 bridgehead atoms. The molecule has 1 aromatic heterocycles. The highest BCUT2D eigenvalue weighted by molar-refractivity contribution is 5.94. The van der Waals surface area contributed by atoms with Crippen molar-refractivity contribution in [3.63, 3.8) is 0 Å². The predicted octanol–water partition coefficient (Wildman–Crippen LogP) is -0.578. The molecule has 1 amide bonds. The average molecular weight is 281 g/mol. The van der Waals surface area contributed by atoms with E-state index in [2.05, 4.69) is 10.6 Å². The van der Waals surface area contributed by atoms with Crippen molar-refractivity contribution in [3.05, 3.63) is 28.7 Å². The number of ether oxygens (including phenoxy) is 2. The Hall–Kier alpha value is -1.70. The van der Waals surface area contributed by atoms with Crippen LogP contribution in [-0.4, -0.2) is 50.0 Å². The SMILES string of the molecule is COCCn1cc(NC(=O)C2COCCN2)ccc1=O. The van der Waals surface area contributed by atoms with Crippen LogP contribution < -0.4 is 16.2 Å². The molecular weight excluding hydrogens is 262 g/mol. The number of anilines is 1. The predicted molar refractivity (Wildman–Crippen MR) is 73.8 cm³/mol. The largest absolute Gasteiger partial charge is 0.383 e. The number of carbonyl (C=O) groups is 1. The number of hydrogen-bond donors (Lipinski definition) is 2. The molecule has 1 saturated heterocycles. The van der Waals surface area contributed by atoms with Gasteiger partial charge in [0.1, 0.15) is 6.04 Å². The highest BCUT2D eigenvalue weighted by Gasteiger charge is 2.21. The molecule has 2 rings (SSSR count). The Balaban J connectivity index is 2.01. The third-order valence-electron chi connectivity index (χ3n) is 3.03. The van der Waals surface area contributed by atoms with Gasteiger partial charge in [-0.25, -0.2) is 0 Å². The van der Waals surface area contributed by atoms with E-state index < -0.39 is 0 Å². The van der Waals surface area contributed by atoms with Gasteiger partial charge in [-0.2, -0.15) is 0 Å². The number of nitrogens with one attached hydrogen (secondary N) is 2. The van der Waals surface area contributed by atoms with Crippen molar-refractivity contribution in [3.8, 4) is 0 Å². The molecule has 0 aliphatic carbocycles. The van der Waals surface area contributed by atoms with Crippen molar-refractivity contribution in [2.45, 2.75) is 12.6 Å². The van der Waals surface area contributed by atoms with Gasteiger partial charge in [0, 0.05) is 32.5 Å². The monoisotopic (exact) mass is 281 g/mol. The first-order valence-corrected chi connectivity index (χ1v) is 6.52. The minimum Gasteiger partial charge on any atom is -0.383 e. The molecule has 7 nitrogen and oxygen atoms in total. The van der Waals surface area contributed by atoms with Crippen molar-refractivity contribution >= 4 is 11.6 Å². The molecule has 1 aliphatic heterocycles. The van der Waals surface area contributed by atoms with Crippen LogP contribution in [0, 0.1) is 0 Å². The summed E-state index contributed by atoms with van der Waals surface area (Å²) in [6, 6.07) is 2.66. The number of methoxy groups -OCH3 is 1. The third-order valence-corrected chi connectivity index (χ3v) is 3.03. The molecule has 1 unspecified atom stereocenters. The van der Waals surface area contributed by atoms with Gasteiger partial charge in [-0.3, -0.25) is 9.59 Å². The fourth-order valence-corrected chi connectivity index (χ4v) is 1.93. The highest BCUT2D eigenvalue weighted by atomic mass is 16.5. The lowest BCUT2D eigenvalue weighted by Crippen LogP contribution is -2.48. The van der Waals surface area contributed by atoms with E-state index in [9.17, 15) is 9.59 Å². The Labute approximate surface area is 116 Å². The second-order valence-corrected chi connectivity index (χ2v) is 4.51. The van der Waals surface area contributed by atoms with E-state index in [1.165, 1.54) is 10.6 Å². The maximum atomic E-state index is 12.0. The van der Waals surface area contributed by atoms with E-state index in [1.54, 1.807) is 19.4 Å². The Bertz CT molecular complexity index is 509. The molecule has 2 heterocycles. The second-order valence-electron chi connectivity index (χ2n) is 4.51. The zero-order chi connectivity index (χ0) is 14.4. The Kier molecular flexibility index (Phi) is 5.28. The van der Waals surface area contributed by atoms with Gasteiger partial charge >= 0.3 is 0 Å². The topological polar surface area (TPSA) is 81.6 Å². The molecule has 1 aliphatic rings. The average Bonchev–Trinajstić information content (AvgIpc) is 2.48. The summed E-state index contributed by atoms with van der Waals surface area (Å²) in [6.45, 7) is 2.52. The molecule has 1 atom stereocenters. The molecule has 20 heavy (non-hydrogen) atoms. The van der Waals surface area contributed by atoms with Gasteiger partial charge in [0.05, 0.1) is 25.5 Å². The highest BCUT2D eigenvalue weighted by Crippen LogP contribution is 2.05. The van der Waals surface area contributed by atoms with Crippen molar-refractivity contribution in [1.29, 1.82) is 0 Å². The first-order valence-electron chi connectivity index (χ1n) is 6.52. The van der Waals surface area contributed by atoms with E-state index in [0.717, 1.165) is 0 Å². The Morgan fingerprint density at radius 2 is 2.45 bits per heavy atom. The van der Waals surface area contributed by atoms with Gasteiger partial charge in [-0.05, 0) is 6.07 Å². The van der Waals surface area contributed by atoms with Crippen LogP contribution in [0.1, 0.15) is 0 Å². The van der Waals surface area contributed by atoms with E-state index in [4.69, 9.17) is 9.47 Å². The molecule has 110 valence electrons. The standard InChI is InChI=1S/C13H19N3O4/c1-19-7-5-16-8-10(2-3-12(16)17)15-13(18)11-9-20-6-4-14-11/h2-3,8,11,14H,4-7,9H2,1H3,(H,15,18). The molecule has 1 aromatic rings. The number of morpholine rings is 1. The summed E-state index contributed by atoms with van der Waals surface area (Å²) < 4.78 is 11.7. The fourth-order valence-electron chi connectivity index (χ4n) is 1.93. The van der Waals surface area contributed by atoms with Crippen molar-refractivity contribution in [1.82, 2.24) is 9.88 Å². The molecule has 0 radical (unpaired) electrons. The molecule has 2 N–H and O–H groups in total. The van der Waals surface area contributed by atoms with Crippen LogP contribution >= 0.6 is 0 Å². The quantitative estimate of drug-likeness (QED) is 0.755. The van der Waals surface area contributed by atoms with Gasteiger partial charge in [-0.1, -0.05) is 0 Å². The third kappa shape index (κ3) is 3.89. The van der Waals surface area contributed by atoms with Crippen LogP contribution in [0.3, 0.4) is 0 Å². The van der Waals surface area contributed by atoms with Crippen LogP contribution in [0.4, 0.5) is 5.69 Å². The summed E-state index contributed by atoms with van der Waals surface area (Å²) in [6.07, 6.45) is 1.61. The van der Waals surface area contributed by atoms with Crippen LogP contribution in [0.25, 0.3) is 0 Å². The number of nitrogens with zero attached hydrogens (tertiary/aromatic N) is 1. The molecule has 0 saturated carbocycles. The van der Waals surface area contributed by atoms with E-state index in [-0.39, 0.29) is 17.5 Å². The summed E-state index contributed by atoms with van der Waals surface area (Å²) in [7, 11) is 1.57. The summed E-state index contributed by atoms with van der Waals surface area (Å²) in [5.74, 6) is -0.165.